The molecule has 1 aromatic carbocycles. The standard InChI is InChI=1S/C13H12N4O/c1-17-7-9(8-4-2-3-5-11(8)17)10-6-15-13(16-10)12(14)18/h2-7H,1H3,(H2,14,18)(H,15,16). The Hall–Kier alpha value is -2.56. The second kappa shape index (κ2) is 3.73. The van der Waals surface area contributed by atoms with Crippen molar-refractivity contribution in [3.63, 3.8) is 0 Å². The Morgan fingerprint density at radius 2 is 2.17 bits per heavy atom. The fraction of sp³-hybridized carbons (Fsp3) is 0.0769. The number of rotatable bonds is 2. The molecule has 0 saturated carbocycles. The minimum atomic E-state index is -0.554. The fourth-order valence-corrected chi connectivity index (χ4v) is 2.14. The molecule has 3 rings (SSSR count). The monoisotopic (exact) mass is 240 g/mol. The van der Waals surface area contributed by atoms with Crippen LogP contribution in [0.25, 0.3) is 22.2 Å². The van der Waals surface area contributed by atoms with E-state index in [1.165, 1.54) is 0 Å². The fourth-order valence-electron chi connectivity index (χ4n) is 2.14. The SMILES string of the molecule is Cn1cc(-c2cnc(C(N)=O)[nH]2)c2ccccc21. The van der Waals surface area contributed by atoms with E-state index in [9.17, 15) is 4.79 Å². The highest BCUT2D eigenvalue weighted by Crippen LogP contribution is 2.28. The minimum Gasteiger partial charge on any atom is -0.363 e. The molecule has 0 aliphatic heterocycles. The van der Waals surface area contributed by atoms with Crippen LogP contribution in [0.5, 0.6) is 0 Å². The van der Waals surface area contributed by atoms with Crippen molar-refractivity contribution < 1.29 is 4.79 Å². The van der Waals surface area contributed by atoms with Gasteiger partial charge in [-0.15, -0.1) is 0 Å². The largest absolute Gasteiger partial charge is 0.363 e. The van der Waals surface area contributed by atoms with Gasteiger partial charge in [0.2, 0.25) is 0 Å². The van der Waals surface area contributed by atoms with Crippen molar-refractivity contribution in [1.29, 1.82) is 0 Å². The zero-order chi connectivity index (χ0) is 12.7. The van der Waals surface area contributed by atoms with E-state index in [2.05, 4.69) is 9.97 Å². The van der Waals surface area contributed by atoms with Gasteiger partial charge in [-0.2, -0.15) is 0 Å². The van der Waals surface area contributed by atoms with Gasteiger partial charge in [0.05, 0.1) is 11.9 Å². The second-order valence-electron chi connectivity index (χ2n) is 4.18. The number of benzene rings is 1. The number of aromatic nitrogens is 3. The molecule has 2 heterocycles. The smallest absolute Gasteiger partial charge is 0.284 e. The van der Waals surface area contributed by atoms with Crippen LogP contribution < -0.4 is 5.73 Å². The highest BCUT2D eigenvalue weighted by Gasteiger charge is 2.12. The summed E-state index contributed by atoms with van der Waals surface area (Å²) in [4.78, 5) is 17.9. The van der Waals surface area contributed by atoms with Gasteiger partial charge in [-0.25, -0.2) is 4.98 Å². The van der Waals surface area contributed by atoms with E-state index in [-0.39, 0.29) is 5.82 Å². The number of aryl methyl sites for hydroxylation is 1. The zero-order valence-electron chi connectivity index (χ0n) is 9.84. The molecule has 0 unspecified atom stereocenters. The van der Waals surface area contributed by atoms with E-state index in [1.54, 1.807) is 6.20 Å². The summed E-state index contributed by atoms with van der Waals surface area (Å²) in [6.45, 7) is 0. The van der Waals surface area contributed by atoms with Crippen LogP contribution in [0.3, 0.4) is 0 Å². The third kappa shape index (κ3) is 1.48. The summed E-state index contributed by atoms with van der Waals surface area (Å²) in [5, 5.41) is 1.11. The molecule has 0 aliphatic carbocycles. The maximum absolute atomic E-state index is 11.0. The number of primary amides is 1. The van der Waals surface area contributed by atoms with Crippen molar-refractivity contribution >= 4 is 16.8 Å². The van der Waals surface area contributed by atoms with Crippen LogP contribution in [-0.4, -0.2) is 20.4 Å². The van der Waals surface area contributed by atoms with Gasteiger partial charge in [0.15, 0.2) is 5.82 Å². The molecule has 0 bridgehead atoms. The van der Waals surface area contributed by atoms with Gasteiger partial charge in [-0.3, -0.25) is 4.79 Å². The number of carbonyl (C=O) groups excluding carboxylic acids is 1. The first-order valence-corrected chi connectivity index (χ1v) is 5.56. The maximum Gasteiger partial charge on any atom is 0.284 e. The maximum atomic E-state index is 11.0. The number of hydrogen-bond acceptors (Lipinski definition) is 2. The molecule has 0 fully saturated rings. The Kier molecular flexibility index (Phi) is 2.19. The molecule has 3 N–H and O–H groups in total. The van der Waals surface area contributed by atoms with Crippen LogP contribution >= 0.6 is 0 Å². The van der Waals surface area contributed by atoms with Crippen molar-refractivity contribution in [3.8, 4) is 11.3 Å². The molecular formula is C13H12N4O. The van der Waals surface area contributed by atoms with Crippen LogP contribution in [0, 0.1) is 0 Å². The van der Waals surface area contributed by atoms with Crippen molar-refractivity contribution in [1.82, 2.24) is 14.5 Å². The van der Waals surface area contributed by atoms with Crippen LogP contribution in [0.1, 0.15) is 10.6 Å². The van der Waals surface area contributed by atoms with Crippen molar-refractivity contribution in [2.45, 2.75) is 0 Å². The van der Waals surface area contributed by atoms with Crippen molar-refractivity contribution in [2.24, 2.45) is 12.8 Å². The van der Waals surface area contributed by atoms with E-state index < -0.39 is 5.91 Å². The lowest BCUT2D eigenvalue weighted by Crippen LogP contribution is -2.12. The Balaban J connectivity index is 2.22. The first-order chi connectivity index (χ1) is 8.66. The molecule has 0 radical (unpaired) electrons. The summed E-state index contributed by atoms with van der Waals surface area (Å²) in [5.74, 6) is -0.376. The second-order valence-corrected chi connectivity index (χ2v) is 4.18. The van der Waals surface area contributed by atoms with Crippen LogP contribution in [0.2, 0.25) is 0 Å². The summed E-state index contributed by atoms with van der Waals surface area (Å²) in [6, 6.07) is 8.06. The number of hydrogen-bond donors (Lipinski definition) is 2. The molecule has 0 spiro atoms. The number of carbonyl (C=O) groups is 1. The number of nitrogens with two attached hydrogens (primary N) is 1. The van der Waals surface area contributed by atoms with Gasteiger partial charge < -0.3 is 15.3 Å². The first-order valence-electron chi connectivity index (χ1n) is 5.56. The average molecular weight is 240 g/mol. The number of fused-ring (bicyclic) bond motifs is 1. The van der Waals surface area contributed by atoms with E-state index in [4.69, 9.17) is 5.73 Å². The molecule has 0 saturated heterocycles. The average Bonchev–Trinajstić information content (AvgIpc) is 2.95. The van der Waals surface area contributed by atoms with E-state index in [0.717, 1.165) is 22.2 Å². The Morgan fingerprint density at radius 1 is 1.39 bits per heavy atom. The van der Waals surface area contributed by atoms with Gasteiger partial charge in [0.25, 0.3) is 5.91 Å². The molecule has 18 heavy (non-hydrogen) atoms. The molecule has 3 aromatic rings. The highest BCUT2D eigenvalue weighted by molar-refractivity contribution is 5.96. The number of nitrogens with one attached hydrogen (secondary N) is 1. The van der Waals surface area contributed by atoms with Crippen molar-refractivity contribution in [3.05, 3.63) is 42.5 Å². The van der Waals surface area contributed by atoms with Crippen LogP contribution in [-0.2, 0) is 7.05 Å². The molecular weight excluding hydrogens is 228 g/mol. The number of amides is 1. The molecule has 5 nitrogen and oxygen atoms in total. The third-order valence-corrected chi connectivity index (χ3v) is 3.00. The first kappa shape index (κ1) is 10.6. The number of H-pyrrole nitrogens is 1. The normalized spacial score (nSPS) is 10.9. The number of para-hydroxylation sites is 1. The minimum absolute atomic E-state index is 0.179. The summed E-state index contributed by atoms with van der Waals surface area (Å²) in [6.07, 6.45) is 3.63. The summed E-state index contributed by atoms with van der Waals surface area (Å²) in [7, 11) is 1.98. The van der Waals surface area contributed by atoms with E-state index in [1.807, 2.05) is 42.1 Å². The Morgan fingerprint density at radius 3 is 2.89 bits per heavy atom. The topological polar surface area (TPSA) is 76.7 Å². The van der Waals surface area contributed by atoms with E-state index >= 15 is 0 Å². The quantitative estimate of drug-likeness (QED) is 0.714. The van der Waals surface area contributed by atoms with Gasteiger partial charge in [-0.1, -0.05) is 18.2 Å². The van der Waals surface area contributed by atoms with Gasteiger partial charge in [0, 0.05) is 29.7 Å². The molecule has 0 atom stereocenters. The molecule has 90 valence electrons. The lowest BCUT2D eigenvalue weighted by molar-refractivity contribution is 0.0991. The van der Waals surface area contributed by atoms with Gasteiger partial charge >= 0.3 is 0 Å². The lowest BCUT2D eigenvalue weighted by atomic mass is 10.1. The van der Waals surface area contributed by atoms with Crippen LogP contribution in [0.15, 0.2) is 36.7 Å². The summed E-state index contributed by atoms with van der Waals surface area (Å²) >= 11 is 0. The molecule has 2 aromatic heterocycles. The summed E-state index contributed by atoms with van der Waals surface area (Å²) in [5.41, 5.74) is 8.11. The number of imidazole rings is 1. The lowest BCUT2D eigenvalue weighted by Gasteiger charge is -1.94. The van der Waals surface area contributed by atoms with Crippen LogP contribution in [0.4, 0.5) is 0 Å². The van der Waals surface area contributed by atoms with Crippen molar-refractivity contribution in [2.75, 3.05) is 0 Å². The zero-order valence-corrected chi connectivity index (χ0v) is 9.84. The Labute approximate surface area is 103 Å². The highest BCUT2D eigenvalue weighted by atomic mass is 16.1. The molecule has 5 heteroatoms. The van der Waals surface area contributed by atoms with E-state index in [0.29, 0.717) is 0 Å². The predicted molar refractivity (Wildman–Crippen MR) is 69.0 cm³/mol. The number of aromatic amines is 1. The predicted octanol–water partition coefficient (Wildman–Crippen LogP) is 1.67. The molecule has 1 amide bonds. The Bertz CT molecular complexity index is 738. The van der Waals surface area contributed by atoms with Gasteiger partial charge in [-0.05, 0) is 6.07 Å². The summed E-state index contributed by atoms with van der Waals surface area (Å²) < 4.78 is 2.04. The number of nitrogens with zero attached hydrogens (tertiary/aromatic N) is 2. The molecule has 0 aliphatic rings. The third-order valence-electron chi connectivity index (χ3n) is 3.00. The van der Waals surface area contributed by atoms with Gasteiger partial charge in [0.1, 0.15) is 0 Å².